The van der Waals surface area contributed by atoms with Crippen molar-refractivity contribution in [3.63, 3.8) is 0 Å². The number of carbonyl (C=O) groups excluding carboxylic acids is 3. The summed E-state index contributed by atoms with van der Waals surface area (Å²) in [5.41, 5.74) is 1.76. The van der Waals surface area contributed by atoms with Crippen LogP contribution in [-0.2, 0) is 4.79 Å². The molecule has 0 spiro atoms. The van der Waals surface area contributed by atoms with E-state index in [1.54, 1.807) is 23.1 Å². The normalized spacial score (nSPS) is 18.8. The lowest BCUT2D eigenvalue weighted by Crippen LogP contribution is -2.40. The minimum absolute atomic E-state index is 0.153. The molecule has 8 heteroatoms. The summed E-state index contributed by atoms with van der Waals surface area (Å²) in [7, 11) is 0. The van der Waals surface area contributed by atoms with E-state index in [-0.39, 0.29) is 17.7 Å². The molecular formula is C18H18N4O3S. The zero-order valence-corrected chi connectivity index (χ0v) is 15.3. The molecule has 1 aromatic heterocycles. The summed E-state index contributed by atoms with van der Waals surface area (Å²) in [4.78, 5) is 44.3. The van der Waals surface area contributed by atoms with E-state index in [0.717, 1.165) is 16.3 Å². The highest BCUT2D eigenvalue weighted by atomic mass is 32.1. The Hall–Kier alpha value is -2.74. The predicted octanol–water partition coefficient (Wildman–Crippen LogP) is 2.57. The Kier molecular flexibility index (Phi) is 3.99. The van der Waals surface area contributed by atoms with Crippen molar-refractivity contribution in [1.82, 2.24) is 9.88 Å². The van der Waals surface area contributed by atoms with Crippen LogP contribution >= 0.6 is 11.3 Å². The molecule has 2 aliphatic rings. The van der Waals surface area contributed by atoms with E-state index >= 15 is 0 Å². The second-order valence-corrected chi connectivity index (χ2v) is 7.91. The summed E-state index contributed by atoms with van der Waals surface area (Å²) >= 11 is 1.46. The third-order valence-electron chi connectivity index (χ3n) is 4.70. The van der Waals surface area contributed by atoms with Crippen molar-refractivity contribution in [1.29, 1.82) is 0 Å². The molecule has 0 saturated carbocycles. The van der Waals surface area contributed by atoms with E-state index in [4.69, 9.17) is 0 Å². The second-order valence-electron chi connectivity index (χ2n) is 6.50. The van der Waals surface area contributed by atoms with Crippen LogP contribution in [0.25, 0.3) is 0 Å². The van der Waals surface area contributed by atoms with Gasteiger partial charge in [0.25, 0.3) is 11.8 Å². The van der Waals surface area contributed by atoms with Crippen molar-refractivity contribution in [2.24, 2.45) is 0 Å². The van der Waals surface area contributed by atoms with E-state index in [1.165, 1.54) is 11.3 Å². The molecule has 1 aromatic carbocycles. The average molecular weight is 370 g/mol. The van der Waals surface area contributed by atoms with E-state index in [0.29, 0.717) is 35.6 Å². The van der Waals surface area contributed by atoms with Gasteiger partial charge in [-0.15, -0.1) is 11.3 Å². The van der Waals surface area contributed by atoms with Gasteiger partial charge in [0.1, 0.15) is 11.7 Å². The van der Waals surface area contributed by atoms with Crippen LogP contribution < -0.4 is 10.6 Å². The number of anilines is 2. The highest BCUT2D eigenvalue weighted by Crippen LogP contribution is 2.30. The highest BCUT2D eigenvalue weighted by molar-refractivity contribution is 7.11. The minimum Gasteiger partial charge on any atom is -0.327 e. The molecule has 3 heterocycles. The number of benzene rings is 1. The molecule has 0 aliphatic carbocycles. The van der Waals surface area contributed by atoms with Crippen LogP contribution in [0.4, 0.5) is 11.4 Å². The first-order valence-corrected chi connectivity index (χ1v) is 9.27. The van der Waals surface area contributed by atoms with E-state index in [2.05, 4.69) is 15.6 Å². The van der Waals surface area contributed by atoms with Gasteiger partial charge in [-0.25, -0.2) is 4.98 Å². The van der Waals surface area contributed by atoms with Gasteiger partial charge >= 0.3 is 0 Å². The number of fused-ring (bicyclic) bond motifs is 2. The van der Waals surface area contributed by atoms with Crippen molar-refractivity contribution in [2.75, 3.05) is 17.2 Å². The Morgan fingerprint density at radius 3 is 2.88 bits per heavy atom. The van der Waals surface area contributed by atoms with Crippen molar-refractivity contribution >= 4 is 40.4 Å². The summed E-state index contributed by atoms with van der Waals surface area (Å²) in [5.74, 6) is -0.645. The van der Waals surface area contributed by atoms with Gasteiger partial charge in [0, 0.05) is 17.1 Å². The SMILES string of the molecule is Cc1nc(C(=O)Nc2ccc3c(c2)C(=O)N2CCC[C@@H]2C(=O)N3)c(C)s1. The zero-order valence-electron chi connectivity index (χ0n) is 14.5. The van der Waals surface area contributed by atoms with Gasteiger partial charge in [0.15, 0.2) is 0 Å². The first-order valence-electron chi connectivity index (χ1n) is 8.45. The molecule has 3 amide bonds. The molecule has 1 saturated heterocycles. The maximum Gasteiger partial charge on any atom is 0.275 e. The summed E-state index contributed by atoms with van der Waals surface area (Å²) in [5, 5.41) is 6.45. The van der Waals surface area contributed by atoms with E-state index < -0.39 is 6.04 Å². The molecule has 0 bridgehead atoms. The molecule has 26 heavy (non-hydrogen) atoms. The molecule has 7 nitrogen and oxygen atoms in total. The minimum atomic E-state index is -0.409. The smallest absolute Gasteiger partial charge is 0.275 e. The fraction of sp³-hybridized carbons (Fsp3) is 0.333. The van der Waals surface area contributed by atoms with Gasteiger partial charge in [-0.05, 0) is 44.9 Å². The van der Waals surface area contributed by atoms with Gasteiger partial charge in [0.2, 0.25) is 5.91 Å². The van der Waals surface area contributed by atoms with E-state index in [1.807, 2.05) is 13.8 Å². The van der Waals surface area contributed by atoms with Gasteiger partial charge in [-0.1, -0.05) is 0 Å². The van der Waals surface area contributed by atoms with Crippen LogP contribution in [0.2, 0.25) is 0 Å². The number of aryl methyl sites for hydroxylation is 2. The average Bonchev–Trinajstić information content (AvgIpc) is 3.19. The molecule has 1 atom stereocenters. The van der Waals surface area contributed by atoms with Gasteiger partial charge in [-0.3, -0.25) is 14.4 Å². The first-order chi connectivity index (χ1) is 12.4. The standard InChI is InChI=1S/C18H18N4O3S/c1-9-15(19-10(2)26-9)17(24)20-11-5-6-13-12(8-11)18(25)22-7-3-4-14(22)16(23)21-13/h5-6,8,14H,3-4,7H2,1-2H3,(H,20,24)(H,21,23)/t14-/m1/s1. The molecule has 134 valence electrons. The molecule has 4 rings (SSSR count). The number of hydrogen-bond acceptors (Lipinski definition) is 5. The maximum atomic E-state index is 12.8. The summed E-state index contributed by atoms with van der Waals surface area (Å²) in [6.07, 6.45) is 1.50. The van der Waals surface area contributed by atoms with Crippen LogP contribution in [-0.4, -0.2) is 40.2 Å². The largest absolute Gasteiger partial charge is 0.327 e. The van der Waals surface area contributed by atoms with Crippen molar-refractivity contribution < 1.29 is 14.4 Å². The van der Waals surface area contributed by atoms with Crippen LogP contribution in [0.15, 0.2) is 18.2 Å². The van der Waals surface area contributed by atoms with E-state index in [9.17, 15) is 14.4 Å². The number of amides is 3. The number of hydrogen-bond donors (Lipinski definition) is 2. The molecule has 0 radical (unpaired) electrons. The Labute approximate surface area is 154 Å². The Bertz CT molecular complexity index is 937. The molecule has 2 aliphatic heterocycles. The number of thiazole rings is 1. The summed E-state index contributed by atoms with van der Waals surface area (Å²) < 4.78 is 0. The molecule has 0 unspecified atom stereocenters. The molecule has 2 N–H and O–H groups in total. The van der Waals surface area contributed by atoms with Gasteiger partial charge in [0.05, 0.1) is 16.3 Å². The second kappa shape index (κ2) is 6.21. The lowest BCUT2D eigenvalue weighted by atomic mass is 10.1. The van der Waals surface area contributed by atoms with Crippen LogP contribution in [0, 0.1) is 13.8 Å². The topological polar surface area (TPSA) is 91.4 Å². The lowest BCUT2D eigenvalue weighted by Gasteiger charge is -2.20. The van der Waals surface area contributed by atoms with Crippen LogP contribution in [0.5, 0.6) is 0 Å². The monoisotopic (exact) mass is 370 g/mol. The fourth-order valence-corrected chi connectivity index (χ4v) is 4.31. The van der Waals surface area contributed by atoms with Crippen molar-refractivity contribution in [3.8, 4) is 0 Å². The number of carbonyl (C=O) groups is 3. The molecule has 2 aromatic rings. The van der Waals surface area contributed by atoms with Crippen LogP contribution in [0.3, 0.4) is 0 Å². The number of nitrogens with one attached hydrogen (secondary N) is 2. The Morgan fingerprint density at radius 2 is 2.15 bits per heavy atom. The van der Waals surface area contributed by atoms with Crippen molar-refractivity contribution in [2.45, 2.75) is 32.7 Å². The molecule has 1 fully saturated rings. The third-order valence-corrected chi connectivity index (χ3v) is 5.59. The van der Waals surface area contributed by atoms with Gasteiger partial charge in [-0.2, -0.15) is 0 Å². The van der Waals surface area contributed by atoms with Crippen molar-refractivity contribution in [3.05, 3.63) is 39.3 Å². The number of rotatable bonds is 2. The lowest BCUT2D eigenvalue weighted by molar-refractivity contribution is -0.119. The Morgan fingerprint density at radius 1 is 1.35 bits per heavy atom. The predicted molar refractivity (Wildman–Crippen MR) is 98.7 cm³/mol. The molecular weight excluding hydrogens is 352 g/mol. The fourth-order valence-electron chi connectivity index (χ4n) is 3.49. The zero-order chi connectivity index (χ0) is 18.4. The number of aromatic nitrogens is 1. The van der Waals surface area contributed by atoms with Gasteiger partial charge < -0.3 is 15.5 Å². The first kappa shape index (κ1) is 16.7. The third kappa shape index (κ3) is 2.76. The summed E-state index contributed by atoms with van der Waals surface area (Å²) in [6, 6.07) is 4.54. The van der Waals surface area contributed by atoms with Crippen LogP contribution in [0.1, 0.15) is 43.6 Å². The quantitative estimate of drug-likeness (QED) is 0.850. The number of nitrogens with zero attached hydrogens (tertiary/aromatic N) is 2. The summed E-state index contributed by atoms with van der Waals surface area (Å²) in [6.45, 7) is 4.28. The Balaban J connectivity index is 1.64. The maximum absolute atomic E-state index is 12.8. The highest BCUT2D eigenvalue weighted by Gasteiger charge is 2.38.